The number of aliphatic carboxylic acids is 2. The van der Waals surface area contributed by atoms with Gasteiger partial charge in [-0.1, -0.05) is 90.1 Å². The number of aliphatic imine (C=N–C) groups is 1. The van der Waals surface area contributed by atoms with Crippen molar-refractivity contribution < 1.29 is 67.7 Å². The summed E-state index contributed by atoms with van der Waals surface area (Å²) in [5.41, 5.74) is 29.8. The van der Waals surface area contributed by atoms with Gasteiger partial charge in [0.25, 0.3) is 0 Å². The minimum atomic E-state index is -1.97. The fourth-order valence-electron chi connectivity index (χ4n) is 9.11. The highest BCUT2D eigenvalue weighted by Crippen LogP contribution is 2.20. The van der Waals surface area contributed by atoms with Crippen molar-refractivity contribution in [3.63, 3.8) is 0 Å². The van der Waals surface area contributed by atoms with E-state index in [-0.39, 0.29) is 75.2 Å². The highest BCUT2D eigenvalue weighted by atomic mass is 16.4. The third-order valence-corrected chi connectivity index (χ3v) is 13.3. The molecule has 0 fully saturated rings. The van der Waals surface area contributed by atoms with E-state index >= 15 is 0 Å². The van der Waals surface area contributed by atoms with Crippen molar-refractivity contribution >= 4 is 87.9 Å². The highest BCUT2D eigenvalue weighted by molar-refractivity contribution is 6.00. The number of aromatic nitrogens is 1. The van der Waals surface area contributed by atoms with Gasteiger partial charge in [0.2, 0.25) is 59.1 Å². The molecule has 29 heteroatoms. The van der Waals surface area contributed by atoms with Crippen LogP contribution in [-0.2, 0) is 70.4 Å². The Balaban J connectivity index is 1.97. The van der Waals surface area contributed by atoms with Gasteiger partial charge in [-0.3, -0.25) is 57.7 Å². The van der Waals surface area contributed by atoms with E-state index in [0.29, 0.717) is 11.1 Å². The number of nitrogens with one attached hydrogen (secondary N) is 9. The summed E-state index contributed by atoms with van der Waals surface area (Å²) in [5, 5.41) is 40.4. The van der Waals surface area contributed by atoms with Crippen molar-refractivity contribution in [3.8, 4) is 0 Å². The molecule has 3 rings (SSSR count). The first-order valence-electron chi connectivity index (χ1n) is 28.3. The van der Waals surface area contributed by atoms with Gasteiger partial charge in [0, 0.05) is 42.9 Å². The number of guanidine groups is 1. The number of H-pyrrole nitrogens is 1. The summed E-state index contributed by atoms with van der Waals surface area (Å²) in [6.07, 6.45) is -1.49. The minimum Gasteiger partial charge on any atom is -0.481 e. The predicted molar refractivity (Wildman–Crippen MR) is 316 cm³/mol. The van der Waals surface area contributed by atoms with Gasteiger partial charge < -0.3 is 86.4 Å². The van der Waals surface area contributed by atoms with E-state index in [4.69, 9.17) is 28.7 Å². The van der Waals surface area contributed by atoms with Crippen molar-refractivity contribution in [1.82, 2.24) is 47.5 Å². The molecule has 0 bridgehead atoms. The van der Waals surface area contributed by atoms with Crippen molar-refractivity contribution in [2.75, 3.05) is 6.54 Å². The second-order valence-electron chi connectivity index (χ2n) is 22.3. The van der Waals surface area contributed by atoms with Crippen LogP contribution < -0.4 is 71.2 Å². The van der Waals surface area contributed by atoms with Crippen LogP contribution >= 0.6 is 0 Å². The average Bonchev–Trinajstić information content (AvgIpc) is 3.71. The van der Waals surface area contributed by atoms with Crippen molar-refractivity contribution in [2.45, 2.75) is 167 Å². The zero-order chi connectivity index (χ0) is 64.4. The summed E-state index contributed by atoms with van der Waals surface area (Å²) in [4.78, 5) is 169. The maximum atomic E-state index is 14.5. The number of nitrogens with two attached hydrogens (primary N) is 5. The molecule has 86 heavy (non-hydrogen) atoms. The molecule has 0 aliphatic rings. The molecule has 0 aliphatic carbocycles. The van der Waals surface area contributed by atoms with Crippen molar-refractivity contribution in [1.29, 1.82) is 0 Å². The minimum absolute atomic E-state index is 0.000344. The average molecular weight is 1200 g/mol. The molecule has 0 aliphatic heterocycles. The molecule has 0 saturated heterocycles. The number of hydrogen-bond donors (Lipinski definition) is 16. The topological polar surface area (TPSA) is 500 Å². The van der Waals surface area contributed by atoms with E-state index < -0.39 is 151 Å². The number of hydrogen-bond acceptors (Lipinski definition) is 14. The standard InChI is InChI=1S/C57H85N15O14/c1-29(2)21-35(58)48(77)67-41(25-33-28-64-36-16-11-10-15-34(33)36)53(82)66-38(18-19-45(59)73)50(79)71-43(27-47(75)76)55(84)69-40(24-32-13-8-7-9-14-32)52(81)68-39(22-30(3)4)51(80)70-42(26-46(60)74)54(83)65-37(17-12-20-63-57(61)62)49(78)72-44(56(85)86)23-31(5)6/h7-11,13-16,28-31,35,37-44,64H,12,17-27,58H2,1-6H3,(H2,59,73)(H2,60,74)(H,65,83)(H,66,82)(H,67,77)(H,68,81)(H,69,84)(H,70,80)(H,71,79)(H,72,78)(H,75,76)(H,85,86)(H4,61,62,63)/t35-,37-,38-,39-,40-,41-,42-,43-,44-/m0/s1. The number of carbonyl (C=O) groups is 12. The highest BCUT2D eigenvalue weighted by Gasteiger charge is 2.37. The third kappa shape index (κ3) is 25.4. The molecule has 472 valence electrons. The van der Waals surface area contributed by atoms with E-state index in [1.807, 2.05) is 13.8 Å². The fourth-order valence-corrected chi connectivity index (χ4v) is 9.11. The Kier molecular flexibility index (Phi) is 29.1. The summed E-state index contributed by atoms with van der Waals surface area (Å²) in [6, 6.07) is 1.52. The van der Waals surface area contributed by atoms with Crippen LogP contribution in [0.1, 0.15) is 110 Å². The van der Waals surface area contributed by atoms with Crippen molar-refractivity contribution in [2.24, 2.45) is 51.4 Å². The number of carbonyl (C=O) groups excluding carboxylic acids is 10. The molecule has 29 nitrogen and oxygen atoms in total. The number of amides is 10. The summed E-state index contributed by atoms with van der Waals surface area (Å²) in [6.45, 7) is 10.6. The maximum Gasteiger partial charge on any atom is 0.326 e. The van der Waals surface area contributed by atoms with E-state index in [1.54, 1.807) is 88.5 Å². The Hall–Kier alpha value is -9.15. The van der Waals surface area contributed by atoms with Gasteiger partial charge in [0.15, 0.2) is 5.96 Å². The molecule has 10 amide bonds. The number of primary amides is 2. The molecule has 2 aromatic carbocycles. The Labute approximate surface area is 498 Å². The first kappa shape index (κ1) is 71.1. The van der Waals surface area contributed by atoms with Gasteiger partial charge in [0.05, 0.1) is 18.9 Å². The van der Waals surface area contributed by atoms with E-state index in [0.717, 1.165) is 10.9 Å². The molecule has 9 atom stereocenters. The van der Waals surface area contributed by atoms with Crippen LogP contribution in [0.2, 0.25) is 0 Å². The number of fused-ring (bicyclic) bond motifs is 1. The zero-order valence-corrected chi connectivity index (χ0v) is 49.3. The van der Waals surface area contributed by atoms with Crippen LogP contribution in [0.4, 0.5) is 0 Å². The van der Waals surface area contributed by atoms with Crippen LogP contribution in [0.15, 0.2) is 65.8 Å². The second-order valence-corrected chi connectivity index (χ2v) is 22.3. The molecule has 0 unspecified atom stereocenters. The van der Waals surface area contributed by atoms with Crippen molar-refractivity contribution in [3.05, 3.63) is 71.9 Å². The largest absolute Gasteiger partial charge is 0.481 e. The van der Waals surface area contributed by atoms with Crippen LogP contribution in [0.3, 0.4) is 0 Å². The number of rotatable bonds is 38. The Morgan fingerprint density at radius 1 is 0.488 bits per heavy atom. The number of aromatic amines is 1. The first-order chi connectivity index (χ1) is 40.4. The molecule has 1 heterocycles. The molecular weight excluding hydrogens is 1120 g/mol. The van der Waals surface area contributed by atoms with Gasteiger partial charge in [-0.2, -0.15) is 0 Å². The first-order valence-corrected chi connectivity index (χ1v) is 28.3. The number of nitrogens with zero attached hydrogens (tertiary/aromatic N) is 1. The monoisotopic (exact) mass is 1200 g/mol. The van der Waals surface area contributed by atoms with E-state index in [2.05, 4.69) is 52.5 Å². The molecule has 1 aromatic heterocycles. The maximum absolute atomic E-state index is 14.5. The number of benzene rings is 2. The number of para-hydroxylation sites is 1. The molecule has 0 radical (unpaired) electrons. The summed E-state index contributed by atoms with van der Waals surface area (Å²) >= 11 is 0. The third-order valence-electron chi connectivity index (χ3n) is 13.3. The van der Waals surface area contributed by atoms with Crippen LogP contribution in [0, 0.1) is 17.8 Å². The van der Waals surface area contributed by atoms with Crippen LogP contribution in [0.25, 0.3) is 10.9 Å². The van der Waals surface area contributed by atoms with E-state index in [1.165, 1.54) is 0 Å². The fraction of sp³-hybridized carbons (Fsp3) is 0.526. The Morgan fingerprint density at radius 3 is 1.47 bits per heavy atom. The SMILES string of the molecule is CC(C)C[C@H](NC(=O)[C@H](CCCN=C(N)N)NC(=O)[C@H](CC(N)=O)NC(=O)[C@H](CC(C)C)NC(=O)[C@H](Cc1ccccc1)NC(=O)[C@H](CC(=O)O)NC(=O)[C@H](CCC(N)=O)NC(=O)[C@H](Cc1c[nH]c2ccccc12)NC(=O)[C@@H](N)CC(C)C)C(=O)O. The second kappa shape index (κ2) is 35.2. The lowest BCUT2D eigenvalue weighted by Gasteiger charge is -2.28. The van der Waals surface area contributed by atoms with E-state index in [9.17, 15) is 67.7 Å². The molecule has 21 N–H and O–H groups in total. The normalized spacial score (nSPS) is 14.3. The van der Waals surface area contributed by atoms with Gasteiger partial charge in [-0.05, 0) is 73.5 Å². The summed E-state index contributed by atoms with van der Waals surface area (Å²) in [7, 11) is 0. The lowest BCUT2D eigenvalue weighted by molar-refractivity contribution is -0.143. The molecule has 0 spiro atoms. The van der Waals surface area contributed by atoms with Gasteiger partial charge >= 0.3 is 11.9 Å². The van der Waals surface area contributed by atoms with Gasteiger partial charge in [-0.15, -0.1) is 0 Å². The number of carboxylic acids is 2. The van der Waals surface area contributed by atoms with Gasteiger partial charge in [0.1, 0.15) is 48.3 Å². The lowest BCUT2D eigenvalue weighted by atomic mass is 10.00. The van der Waals surface area contributed by atoms with Crippen LogP contribution in [-0.4, -0.2) is 153 Å². The molecule has 3 aromatic rings. The number of carboxylic acid groups (broad SMARTS) is 2. The molecular formula is C57H85N15O14. The molecule has 0 saturated carbocycles. The smallest absolute Gasteiger partial charge is 0.326 e. The van der Waals surface area contributed by atoms with Gasteiger partial charge in [-0.25, -0.2) is 4.79 Å². The Morgan fingerprint density at radius 2 is 0.930 bits per heavy atom. The van der Waals surface area contributed by atoms with Crippen LogP contribution in [0.5, 0.6) is 0 Å². The Bertz CT molecular complexity index is 2880. The quantitative estimate of drug-likeness (QED) is 0.0168. The lowest BCUT2D eigenvalue weighted by Crippen LogP contribution is -2.61. The summed E-state index contributed by atoms with van der Waals surface area (Å²) < 4.78 is 0. The zero-order valence-electron chi connectivity index (χ0n) is 49.3. The summed E-state index contributed by atoms with van der Waals surface area (Å²) in [5.74, 6) is -13.7. The predicted octanol–water partition coefficient (Wildman–Crippen LogP) is -1.95.